The van der Waals surface area contributed by atoms with E-state index in [0.29, 0.717) is 25.9 Å². The van der Waals surface area contributed by atoms with Gasteiger partial charge in [-0.2, -0.15) is 12.6 Å². The van der Waals surface area contributed by atoms with Gasteiger partial charge in [0.05, 0.1) is 10.9 Å². The molecular weight excluding hydrogens is 486 g/mol. The Labute approximate surface area is 225 Å². The molecule has 10 heteroatoms. The van der Waals surface area contributed by atoms with Crippen molar-refractivity contribution in [2.45, 2.75) is 124 Å². The van der Waals surface area contributed by atoms with Crippen LogP contribution in [0.1, 0.15) is 108 Å². The quantitative estimate of drug-likeness (QED) is 0.225. The summed E-state index contributed by atoms with van der Waals surface area (Å²) in [5, 5.41) is 2.30. The van der Waals surface area contributed by atoms with Gasteiger partial charge in [-0.25, -0.2) is 0 Å². The first-order valence-electron chi connectivity index (χ1n) is 12.7. The van der Waals surface area contributed by atoms with Gasteiger partial charge in [-0.05, 0) is 40.5 Å². The minimum atomic E-state index is -0.605. The molecule has 1 unspecified atom stereocenters. The molecule has 8 nitrogen and oxygen atoms in total. The maximum atomic E-state index is 12.2. The summed E-state index contributed by atoms with van der Waals surface area (Å²) in [4.78, 5) is 48.1. The highest BCUT2D eigenvalue weighted by molar-refractivity contribution is 7.81. The van der Waals surface area contributed by atoms with Crippen LogP contribution in [0, 0.1) is 0 Å². The van der Waals surface area contributed by atoms with Gasteiger partial charge in [0.2, 0.25) is 23.6 Å². The van der Waals surface area contributed by atoms with Crippen molar-refractivity contribution < 1.29 is 23.9 Å². The van der Waals surface area contributed by atoms with Crippen LogP contribution >= 0.6 is 25.4 Å². The predicted molar refractivity (Wildman–Crippen MR) is 151 cm³/mol. The van der Waals surface area contributed by atoms with Crippen LogP contribution in [0.2, 0.25) is 0 Å². The number of carbonyl (C=O) groups is 4. The third-order valence-corrected chi connectivity index (χ3v) is 5.21. The molecule has 1 aliphatic rings. The Hall–Kier alpha value is -1.26. The van der Waals surface area contributed by atoms with Gasteiger partial charge in [-0.15, -0.1) is 0 Å². The van der Waals surface area contributed by atoms with Gasteiger partial charge in [-0.1, -0.05) is 60.8 Å². The van der Waals surface area contributed by atoms with Crippen molar-refractivity contribution in [1.82, 2.24) is 14.9 Å². The molecule has 1 atom stereocenters. The topological polar surface area (TPSA) is 105 Å². The second-order valence-corrected chi connectivity index (χ2v) is 9.73. The van der Waals surface area contributed by atoms with Gasteiger partial charge in [-0.3, -0.25) is 24.1 Å². The normalized spacial score (nSPS) is 15.1. The second kappa shape index (κ2) is 20.9. The molecule has 0 aromatic carbocycles. The minimum Gasteiger partial charge on any atom is -0.375 e. The number of ether oxygens (including phenoxy) is 1. The Balaban J connectivity index is -0.00000132. The van der Waals surface area contributed by atoms with Crippen molar-refractivity contribution in [3.63, 3.8) is 0 Å². The van der Waals surface area contributed by atoms with Crippen LogP contribution in [0.3, 0.4) is 0 Å². The number of likely N-dealkylation sites (tertiary alicyclic amines) is 1. The summed E-state index contributed by atoms with van der Waals surface area (Å²) >= 11 is 7.78. The fraction of sp³-hybridized carbons (Fsp3) is 0.840. The molecule has 1 saturated heterocycles. The van der Waals surface area contributed by atoms with Crippen LogP contribution in [0.4, 0.5) is 0 Å². The number of thiol groups is 2. The van der Waals surface area contributed by atoms with Crippen LogP contribution in [-0.2, 0) is 23.9 Å². The largest absolute Gasteiger partial charge is 0.375 e. The monoisotopic (exact) mass is 537 g/mol. The highest BCUT2D eigenvalue weighted by Crippen LogP contribution is 2.20. The summed E-state index contributed by atoms with van der Waals surface area (Å²) in [5.41, 5.74) is -0.985. The number of nitrogens with zero attached hydrogens (tertiary/aromatic N) is 1. The highest BCUT2D eigenvalue weighted by Gasteiger charge is 2.36. The molecule has 35 heavy (non-hydrogen) atoms. The van der Waals surface area contributed by atoms with E-state index in [2.05, 4.69) is 49.3 Å². The van der Waals surface area contributed by atoms with Crippen LogP contribution in [0.5, 0.6) is 0 Å². The van der Waals surface area contributed by atoms with Crippen molar-refractivity contribution >= 4 is 49.1 Å². The molecule has 4 amide bonds. The smallest absolute Gasteiger partial charge is 0.242 e. The zero-order valence-electron chi connectivity index (χ0n) is 23.6. The van der Waals surface area contributed by atoms with Crippen molar-refractivity contribution in [2.75, 3.05) is 13.2 Å². The summed E-state index contributed by atoms with van der Waals surface area (Å²) in [6, 6.07) is 0. The first-order chi connectivity index (χ1) is 16.3. The van der Waals surface area contributed by atoms with E-state index < -0.39 is 16.4 Å². The molecule has 1 aliphatic heterocycles. The average molecular weight is 538 g/mol. The zero-order valence-corrected chi connectivity index (χ0v) is 25.4. The van der Waals surface area contributed by atoms with E-state index in [0.717, 1.165) is 4.90 Å². The number of carbonyl (C=O) groups excluding carboxylic acids is 4. The van der Waals surface area contributed by atoms with Gasteiger partial charge >= 0.3 is 0 Å². The fourth-order valence-corrected chi connectivity index (χ4v) is 3.15. The number of imide groups is 1. The highest BCUT2D eigenvalue weighted by atomic mass is 32.1. The number of amides is 4. The number of rotatable bonds is 11. The Morgan fingerprint density at radius 3 is 1.94 bits per heavy atom. The van der Waals surface area contributed by atoms with E-state index in [1.807, 2.05) is 55.4 Å². The van der Waals surface area contributed by atoms with Gasteiger partial charge in [0, 0.05) is 38.0 Å². The number of nitrogens with one attached hydrogen (secondary N) is 2. The second-order valence-electron chi connectivity index (χ2n) is 8.89. The molecule has 208 valence electrons. The number of hydrogen-bond acceptors (Lipinski definition) is 7. The van der Waals surface area contributed by atoms with Crippen molar-refractivity contribution in [3.05, 3.63) is 0 Å². The van der Waals surface area contributed by atoms with Crippen molar-refractivity contribution in [3.8, 4) is 0 Å². The third kappa shape index (κ3) is 18.6. The summed E-state index contributed by atoms with van der Waals surface area (Å²) in [5.74, 6) is -1.04. The van der Waals surface area contributed by atoms with Gasteiger partial charge in [0.1, 0.15) is 0 Å². The van der Waals surface area contributed by atoms with Crippen molar-refractivity contribution in [1.29, 1.82) is 0 Å². The summed E-state index contributed by atoms with van der Waals surface area (Å²) in [7, 11) is 0. The van der Waals surface area contributed by atoms with Crippen LogP contribution in [-0.4, -0.2) is 58.1 Å². The molecule has 0 saturated carbocycles. The summed E-state index contributed by atoms with van der Waals surface area (Å²) in [6.45, 7) is 20.3. The Morgan fingerprint density at radius 1 is 1.00 bits per heavy atom. The fourth-order valence-electron chi connectivity index (χ4n) is 2.74. The maximum absolute atomic E-state index is 12.2. The molecule has 0 radical (unpaired) electrons. The molecule has 0 bridgehead atoms. The Morgan fingerprint density at radius 2 is 1.51 bits per heavy atom. The Kier molecular flexibility index (Phi) is 22.8. The van der Waals surface area contributed by atoms with E-state index >= 15 is 0 Å². The standard InChI is InChI=1S/C18H31N3O5S2.C3H8.2C2H6/c1-17(2,8-10-26-18(3,4)7-5-14(23)20-28)19-13(22)6-9-21-15(24)11-12(27)16(21)25;1-3-2;2*1-2/h12,27-28H,5-11H2,1-4H3,(H,19,22)(H,20,23);3H2,1-2H3;2*1-2H3. The lowest BCUT2D eigenvalue weighted by molar-refractivity contribution is -0.138. The first-order valence-corrected chi connectivity index (χ1v) is 13.6. The molecule has 2 N–H and O–H groups in total. The van der Waals surface area contributed by atoms with Crippen LogP contribution < -0.4 is 10.0 Å². The van der Waals surface area contributed by atoms with Gasteiger partial charge < -0.3 is 14.8 Å². The Bertz CT molecular complexity index is 628. The SMILES string of the molecule is CC.CC.CC(C)(CCOC(C)(C)CCC(=O)NS)NC(=O)CCN1C(=O)CC(S)C1=O.CCC. The predicted octanol–water partition coefficient (Wildman–Crippen LogP) is 4.72. The van der Waals surface area contributed by atoms with E-state index in [1.165, 1.54) is 6.42 Å². The zero-order chi connectivity index (χ0) is 28.2. The lowest BCUT2D eigenvalue weighted by atomic mass is 9.99. The van der Waals surface area contributed by atoms with Crippen molar-refractivity contribution in [2.24, 2.45) is 0 Å². The molecular formula is C25H51N3O5S2. The lowest BCUT2D eigenvalue weighted by Gasteiger charge is -2.30. The molecule has 0 aromatic heterocycles. The first kappa shape index (κ1) is 38.3. The van der Waals surface area contributed by atoms with E-state index in [1.54, 1.807) is 0 Å². The van der Waals surface area contributed by atoms with E-state index in [-0.39, 0.29) is 43.0 Å². The molecule has 1 heterocycles. The molecule has 0 aliphatic carbocycles. The summed E-state index contributed by atoms with van der Waals surface area (Å²) in [6.07, 6.45) is 2.82. The average Bonchev–Trinajstić information content (AvgIpc) is 3.04. The van der Waals surface area contributed by atoms with Gasteiger partial charge in [0.25, 0.3) is 0 Å². The number of hydrogen-bond donors (Lipinski definition) is 4. The molecule has 1 rings (SSSR count). The molecule has 0 aromatic rings. The van der Waals surface area contributed by atoms with Crippen LogP contribution in [0.15, 0.2) is 0 Å². The minimum absolute atomic E-state index is 0.0482. The summed E-state index contributed by atoms with van der Waals surface area (Å²) < 4.78 is 8.14. The molecule has 1 fully saturated rings. The van der Waals surface area contributed by atoms with Gasteiger partial charge in [0.15, 0.2) is 0 Å². The molecule has 0 spiro atoms. The van der Waals surface area contributed by atoms with E-state index in [4.69, 9.17) is 4.74 Å². The maximum Gasteiger partial charge on any atom is 0.242 e. The lowest BCUT2D eigenvalue weighted by Crippen LogP contribution is -2.46. The third-order valence-electron chi connectivity index (χ3n) is 4.56. The van der Waals surface area contributed by atoms with Crippen LogP contribution in [0.25, 0.3) is 0 Å². The van der Waals surface area contributed by atoms with E-state index in [9.17, 15) is 19.2 Å².